The first-order valence-corrected chi connectivity index (χ1v) is 5.14. The molecule has 1 atom stereocenters. The average molecular weight is 275 g/mol. The van der Waals surface area contributed by atoms with Gasteiger partial charge in [0.15, 0.2) is 0 Å². The quantitative estimate of drug-likeness (QED) is 0.833. The molecule has 82 valence electrons. The fourth-order valence-corrected chi connectivity index (χ4v) is 1.46. The Morgan fingerprint density at radius 3 is 2.87 bits per heavy atom. The van der Waals surface area contributed by atoms with Crippen molar-refractivity contribution in [2.24, 2.45) is 5.73 Å². The van der Waals surface area contributed by atoms with E-state index in [0.29, 0.717) is 6.54 Å². The van der Waals surface area contributed by atoms with Gasteiger partial charge in [-0.15, -0.1) is 0 Å². The number of carboxylic acids is 1. The number of hydrogen-bond donors (Lipinski definition) is 2. The molecule has 3 N–H and O–H groups in total. The molecule has 0 amide bonds. The third-order valence-electron chi connectivity index (χ3n) is 1.95. The lowest BCUT2D eigenvalue weighted by atomic mass is 10.2. The number of halogens is 1. The average Bonchev–Trinajstić information content (AvgIpc) is 2.18. The summed E-state index contributed by atoms with van der Waals surface area (Å²) in [5.41, 5.74) is 5.16. The van der Waals surface area contributed by atoms with Gasteiger partial charge in [-0.1, -0.05) is 0 Å². The number of carbonyl (C=O) groups is 1. The van der Waals surface area contributed by atoms with E-state index in [4.69, 9.17) is 10.8 Å². The lowest BCUT2D eigenvalue weighted by molar-refractivity contribution is -0.138. The molecule has 1 heterocycles. The van der Waals surface area contributed by atoms with Crippen LogP contribution in [0.4, 0.5) is 0 Å². The molecule has 1 aromatic rings. The number of rotatable bonds is 4. The van der Waals surface area contributed by atoms with Gasteiger partial charge in [-0.3, -0.25) is 9.59 Å². The molecule has 5 nitrogen and oxygen atoms in total. The van der Waals surface area contributed by atoms with Crippen molar-refractivity contribution in [2.45, 2.75) is 19.0 Å². The fourth-order valence-electron chi connectivity index (χ4n) is 1.08. The van der Waals surface area contributed by atoms with Crippen molar-refractivity contribution in [3.63, 3.8) is 0 Å². The number of nitrogens with zero attached hydrogens (tertiary/aromatic N) is 1. The minimum absolute atomic E-state index is 0.171. The summed E-state index contributed by atoms with van der Waals surface area (Å²) < 4.78 is 2.19. The molecule has 0 radical (unpaired) electrons. The highest BCUT2D eigenvalue weighted by Gasteiger charge is 2.11. The first kappa shape index (κ1) is 11.9. The maximum absolute atomic E-state index is 11.3. The van der Waals surface area contributed by atoms with Gasteiger partial charge in [0, 0.05) is 23.3 Å². The number of carboxylic acid groups (broad SMARTS) is 1. The van der Waals surface area contributed by atoms with Gasteiger partial charge >= 0.3 is 5.97 Å². The van der Waals surface area contributed by atoms with Gasteiger partial charge in [0.1, 0.15) is 6.04 Å². The Kier molecular flexibility index (Phi) is 4.05. The molecular formula is C9H11BrN2O3. The summed E-state index contributed by atoms with van der Waals surface area (Å²) in [5, 5.41) is 8.56. The lowest BCUT2D eigenvalue weighted by Gasteiger charge is -2.08. The maximum atomic E-state index is 11.3. The van der Waals surface area contributed by atoms with Crippen LogP contribution in [0.1, 0.15) is 6.42 Å². The molecular weight excluding hydrogens is 264 g/mol. The second-order valence-electron chi connectivity index (χ2n) is 3.11. The summed E-state index contributed by atoms with van der Waals surface area (Å²) in [4.78, 5) is 21.8. The van der Waals surface area contributed by atoms with Gasteiger partial charge in [0.25, 0.3) is 5.56 Å². The van der Waals surface area contributed by atoms with Crippen LogP contribution < -0.4 is 11.3 Å². The van der Waals surface area contributed by atoms with Crippen molar-refractivity contribution in [1.82, 2.24) is 4.57 Å². The molecule has 1 aromatic heterocycles. The van der Waals surface area contributed by atoms with Crippen LogP contribution in [-0.2, 0) is 11.3 Å². The van der Waals surface area contributed by atoms with Crippen molar-refractivity contribution in [1.29, 1.82) is 0 Å². The minimum Gasteiger partial charge on any atom is -0.480 e. The van der Waals surface area contributed by atoms with Crippen molar-refractivity contribution < 1.29 is 9.90 Å². The molecule has 0 fully saturated rings. The van der Waals surface area contributed by atoms with E-state index in [1.54, 1.807) is 12.3 Å². The third-order valence-corrected chi connectivity index (χ3v) is 2.41. The van der Waals surface area contributed by atoms with Crippen LogP contribution in [0.2, 0.25) is 0 Å². The van der Waals surface area contributed by atoms with Gasteiger partial charge < -0.3 is 15.4 Å². The van der Waals surface area contributed by atoms with Crippen molar-refractivity contribution in [3.05, 3.63) is 33.2 Å². The normalized spacial score (nSPS) is 12.4. The van der Waals surface area contributed by atoms with Gasteiger partial charge in [-0.2, -0.15) is 0 Å². The highest BCUT2D eigenvalue weighted by molar-refractivity contribution is 9.10. The molecule has 0 aliphatic heterocycles. The Balaban J connectivity index is 2.69. The largest absolute Gasteiger partial charge is 0.480 e. The summed E-state index contributed by atoms with van der Waals surface area (Å²) in [6, 6.07) is 2.11. The predicted molar refractivity (Wildman–Crippen MR) is 58.6 cm³/mol. The number of nitrogens with two attached hydrogens (primary N) is 1. The van der Waals surface area contributed by atoms with Crippen LogP contribution in [0.15, 0.2) is 27.6 Å². The minimum atomic E-state index is -1.06. The van der Waals surface area contributed by atoms with Crippen LogP contribution in [0.5, 0.6) is 0 Å². The molecule has 1 unspecified atom stereocenters. The molecule has 0 aliphatic carbocycles. The van der Waals surface area contributed by atoms with E-state index in [9.17, 15) is 9.59 Å². The number of aliphatic carboxylic acids is 1. The predicted octanol–water partition coefficient (Wildman–Crippen LogP) is 0.413. The molecule has 0 saturated heterocycles. The third kappa shape index (κ3) is 3.49. The maximum Gasteiger partial charge on any atom is 0.320 e. The van der Waals surface area contributed by atoms with Gasteiger partial charge in [0.2, 0.25) is 0 Å². The molecule has 0 saturated carbocycles. The van der Waals surface area contributed by atoms with Crippen molar-refractivity contribution in [3.8, 4) is 0 Å². The van der Waals surface area contributed by atoms with Crippen LogP contribution in [0, 0.1) is 0 Å². The first-order valence-electron chi connectivity index (χ1n) is 4.35. The molecule has 0 bridgehead atoms. The van der Waals surface area contributed by atoms with E-state index >= 15 is 0 Å². The standard InChI is InChI=1S/C9H11BrN2O3/c10-6-1-2-8(13)12(5-6)4-3-7(11)9(14)15/h1-2,5,7H,3-4,11H2,(H,14,15). The second-order valence-corrected chi connectivity index (χ2v) is 4.03. The topological polar surface area (TPSA) is 85.3 Å². The zero-order valence-electron chi connectivity index (χ0n) is 7.89. The monoisotopic (exact) mass is 274 g/mol. The second kappa shape index (κ2) is 5.09. The fraction of sp³-hybridized carbons (Fsp3) is 0.333. The van der Waals surface area contributed by atoms with Crippen LogP contribution in [0.3, 0.4) is 0 Å². The number of pyridine rings is 1. The first-order chi connectivity index (χ1) is 7.00. The Hall–Kier alpha value is -1.14. The van der Waals surface area contributed by atoms with Gasteiger partial charge in [-0.25, -0.2) is 0 Å². The van der Waals surface area contributed by atoms with E-state index in [1.807, 2.05) is 0 Å². The van der Waals surface area contributed by atoms with E-state index < -0.39 is 12.0 Å². The zero-order valence-corrected chi connectivity index (χ0v) is 9.48. The molecule has 1 rings (SSSR count). The number of aromatic nitrogens is 1. The Morgan fingerprint density at radius 1 is 1.60 bits per heavy atom. The Morgan fingerprint density at radius 2 is 2.27 bits per heavy atom. The molecule has 15 heavy (non-hydrogen) atoms. The Labute approximate surface area is 94.6 Å². The van der Waals surface area contributed by atoms with E-state index in [-0.39, 0.29) is 12.0 Å². The summed E-state index contributed by atoms with van der Waals surface area (Å²) in [7, 11) is 0. The molecule has 0 aliphatic rings. The lowest BCUT2D eigenvalue weighted by Crippen LogP contribution is -2.32. The SMILES string of the molecule is NC(CCn1cc(Br)ccc1=O)C(=O)O. The highest BCUT2D eigenvalue weighted by Crippen LogP contribution is 2.05. The number of aryl methyl sites for hydroxylation is 1. The Bertz CT molecular complexity index is 416. The van der Waals surface area contributed by atoms with E-state index in [0.717, 1.165) is 4.47 Å². The van der Waals surface area contributed by atoms with E-state index in [2.05, 4.69) is 15.9 Å². The summed E-state index contributed by atoms with van der Waals surface area (Å²) in [6.45, 7) is 0.297. The summed E-state index contributed by atoms with van der Waals surface area (Å²) in [6.07, 6.45) is 1.84. The van der Waals surface area contributed by atoms with Crippen LogP contribution in [0.25, 0.3) is 0 Å². The molecule has 0 spiro atoms. The van der Waals surface area contributed by atoms with Crippen LogP contribution >= 0.6 is 15.9 Å². The molecule has 6 heteroatoms. The van der Waals surface area contributed by atoms with Crippen molar-refractivity contribution >= 4 is 21.9 Å². The van der Waals surface area contributed by atoms with Crippen LogP contribution in [-0.4, -0.2) is 21.7 Å². The van der Waals surface area contributed by atoms with Crippen molar-refractivity contribution in [2.75, 3.05) is 0 Å². The highest BCUT2D eigenvalue weighted by atomic mass is 79.9. The molecule has 0 aromatic carbocycles. The summed E-state index contributed by atoms with van der Waals surface area (Å²) in [5.74, 6) is -1.06. The van der Waals surface area contributed by atoms with Gasteiger partial charge in [0.05, 0.1) is 0 Å². The number of hydrogen-bond acceptors (Lipinski definition) is 3. The van der Waals surface area contributed by atoms with E-state index in [1.165, 1.54) is 10.6 Å². The summed E-state index contributed by atoms with van der Waals surface area (Å²) >= 11 is 3.22. The van der Waals surface area contributed by atoms with Gasteiger partial charge in [-0.05, 0) is 28.4 Å². The zero-order chi connectivity index (χ0) is 11.4. The smallest absolute Gasteiger partial charge is 0.320 e.